The fourth-order valence-electron chi connectivity index (χ4n) is 2.74. The third kappa shape index (κ3) is 4.59. The molecule has 17 heavy (non-hydrogen) atoms. The van der Waals surface area contributed by atoms with Crippen molar-refractivity contribution in [3.8, 4) is 0 Å². The Morgan fingerprint density at radius 2 is 1.82 bits per heavy atom. The first kappa shape index (κ1) is 13.4. The van der Waals surface area contributed by atoms with Gasteiger partial charge in [-0.25, -0.2) is 0 Å². The molecule has 2 nitrogen and oxygen atoms in total. The lowest BCUT2D eigenvalue weighted by molar-refractivity contribution is 0.200. The van der Waals surface area contributed by atoms with Crippen molar-refractivity contribution in [3.05, 3.63) is 0 Å². The Hall–Kier alpha value is -0.0800. The molecule has 0 amide bonds. The molecule has 1 atom stereocenters. The van der Waals surface area contributed by atoms with Gasteiger partial charge in [-0.05, 0) is 50.5 Å². The van der Waals surface area contributed by atoms with E-state index in [1.807, 2.05) is 0 Å². The summed E-state index contributed by atoms with van der Waals surface area (Å²) in [5, 5.41) is 3.78. The molecule has 2 heteroatoms. The van der Waals surface area contributed by atoms with Crippen molar-refractivity contribution in [3.63, 3.8) is 0 Å². The van der Waals surface area contributed by atoms with Gasteiger partial charge in [0.2, 0.25) is 0 Å². The predicted octanol–water partition coefficient (Wildman–Crippen LogP) is 2.89. The van der Waals surface area contributed by atoms with Crippen LogP contribution >= 0.6 is 0 Å². The second-order valence-electron chi connectivity index (χ2n) is 6.48. The van der Waals surface area contributed by atoms with Crippen molar-refractivity contribution in [1.82, 2.24) is 10.2 Å². The molecule has 0 aromatic rings. The molecule has 0 heterocycles. The normalized spacial score (nSPS) is 22.4. The van der Waals surface area contributed by atoms with Crippen LogP contribution in [-0.4, -0.2) is 36.6 Å². The van der Waals surface area contributed by atoms with Crippen LogP contribution in [0.1, 0.15) is 52.9 Å². The largest absolute Gasteiger partial charge is 0.312 e. The first-order chi connectivity index (χ1) is 8.20. The zero-order chi connectivity index (χ0) is 12.3. The van der Waals surface area contributed by atoms with Crippen molar-refractivity contribution in [2.24, 2.45) is 11.8 Å². The van der Waals surface area contributed by atoms with E-state index in [1.165, 1.54) is 51.7 Å². The minimum atomic E-state index is 0.772. The molecule has 0 spiro atoms. The van der Waals surface area contributed by atoms with E-state index in [9.17, 15) is 0 Å². The molecule has 0 saturated heterocycles. The second kappa shape index (κ2) is 6.19. The van der Waals surface area contributed by atoms with Crippen molar-refractivity contribution in [1.29, 1.82) is 0 Å². The van der Waals surface area contributed by atoms with Gasteiger partial charge in [-0.1, -0.05) is 20.8 Å². The van der Waals surface area contributed by atoms with Crippen LogP contribution in [0.5, 0.6) is 0 Å². The van der Waals surface area contributed by atoms with Gasteiger partial charge in [0.05, 0.1) is 0 Å². The molecule has 100 valence electrons. The van der Waals surface area contributed by atoms with Crippen LogP contribution in [0.3, 0.4) is 0 Å². The monoisotopic (exact) mass is 238 g/mol. The van der Waals surface area contributed by atoms with E-state index >= 15 is 0 Å². The molecule has 2 rings (SSSR count). The highest BCUT2D eigenvalue weighted by molar-refractivity contribution is 4.93. The lowest BCUT2D eigenvalue weighted by Crippen LogP contribution is -2.44. The molecular weight excluding hydrogens is 208 g/mol. The van der Waals surface area contributed by atoms with Gasteiger partial charge in [0.1, 0.15) is 0 Å². The topological polar surface area (TPSA) is 15.3 Å². The highest BCUT2D eigenvalue weighted by Gasteiger charge is 2.36. The van der Waals surface area contributed by atoms with E-state index in [0.29, 0.717) is 0 Å². The van der Waals surface area contributed by atoms with E-state index < -0.39 is 0 Å². The molecule has 0 bridgehead atoms. The molecule has 2 aliphatic carbocycles. The minimum absolute atomic E-state index is 0.772. The van der Waals surface area contributed by atoms with Gasteiger partial charge < -0.3 is 5.32 Å². The molecule has 2 aliphatic rings. The summed E-state index contributed by atoms with van der Waals surface area (Å²) in [6, 6.07) is 1.69. The Labute approximate surface area is 107 Å². The molecule has 0 aromatic carbocycles. The summed E-state index contributed by atoms with van der Waals surface area (Å²) in [7, 11) is 0. The Balaban J connectivity index is 1.80. The van der Waals surface area contributed by atoms with Crippen LogP contribution in [0.4, 0.5) is 0 Å². The van der Waals surface area contributed by atoms with E-state index in [0.717, 1.165) is 23.9 Å². The SMILES string of the molecule is CCCNC(CN(CC(C)C)C1CC1)C1CC1. The first-order valence-electron chi connectivity index (χ1n) is 7.68. The molecular formula is C15H30N2. The number of nitrogens with zero attached hydrogens (tertiary/aromatic N) is 1. The highest BCUT2D eigenvalue weighted by atomic mass is 15.2. The summed E-state index contributed by atoms with van der Waals surface area (Å²) in [5.41, 5.74) is 0. The Kier molecular flexibility index (Phi) is 4.87. The molecule has 0 aliphatic heterocycles. The van der Waals surface area contributed by atoms with E-state index in [-0.39, 0.29) is 0 Å². The fourth-order valence-corrected chi connectivity index (χ4v) is 2.74. The third-order valence-electron chi connectivity index (χ3n) is 3.94. The van der Waals surface area contributed by atoms with Crippen LogP contribution < -0.4 is 5.32 Å². The Morgan fingerprint density at radius 3 is 2.29 bits per heavy atom. The molecule has 0 radical (unpaired) electrons. The fraction of sp³-hybridized carbons (Fsp3) is 1.00. The van der Waals surface area contributed by atoms with Crippen LogP contribution in [0.25, 0.3) is 0 Å². The standard InChI is InChI=1S/C15H30N2/c1-4-9-16-15(13-5-6-13)11-17(10-12(2)3)14-7-8-14/h12-16H,4-11H2,1-3H3. The maximum Gasteiger partial charge on any atom is 0.0223 e. The average molecular weight is 238 g/mol. The predicted molar refractivity (Wildman–Crippen MR) is 74.2 cm³/mol. The zero-order valence-electron chi connectivity index (χ0n) is 11.9. The number of hydrogen-bond donors (Lipinski definition) is 1. The lowest BCUT2D eigenvalue weighted by atomic mass is 10.1. The van der Waals surface area contributed by atoms with Crippen LogP contribution in [0, 0.1) is 11.8 Å². The van der Waals surface area contributed by atoms with Crippen LogP contribution in [0.2, 0.25) is 0 Å². The number of nitrogens with one attached hydrogen (secondary N) is 1. The Bertz CT molecular complexity index is 219. The maximum absolute atomic E-state index is 3.78. The number of hydrogen-bond acceptors (Lipinski definition) is 2. The smallest absolute Gasteiger partial charge is 0.0223 e. The van der Waals surface area contributed by atoms with Gasteiger partial charge in [0.15, 0.2) is 0 Å². The van der Waals surface area contributed by atoms with Gasteiger partial charge in [0.25, 0.3) is 0 Å². The zero-order valence-corrected chi connectivity index (χ0v) is 11.9. The number of rotatable bonds is 9. The minimum Gasteiger partial charge on any atom is -0.312 e. The average Bonchev–Trinajstić information content (AvgIpc) is 3.16. The van der Waals surface area contributed by atoms with Crippen molar-refractivity contribution >= 4 is 0 Å². The summed E-state index contributed by atoms with van der Waals surface area (Å²) in [6.45, 7) is 10.8. The van der Waals surface area contributed by atoms with Gasteiger partial charge in [-0.3, -0.25) is 4.90 Å². The molecule has 2 fully saturated rings. The van der Waals surface area contributed by atoms with Gasteiger partial charge >= 0.3 is 0 Å². The van der Waals surface area contributed by atoms with Crippen LogP contribution in [-0.2, 0) is 0 Å². The maximum atomic E-state index is 3.78. The van der Waals surface area contributed by atoms with Gasteiger partial charge in [-0.2, -0.15) is 0 Å². The highest BCUT2D eigenvalue weighted by Crippen LogP contribution is 2.35. The molecule has 1 unspecified atom stereocenters. The summed E-state index contributed by atoms with van der Waals surface area (Å²) >= 11 is 0. The van der Waals surface area contributed by atoms with Gasteiger partial charge in [0, 0.05) is 25.2 Å². The first-order valence-corrected chi connectivity index (χ1v) is 7.68. The summed E-state index contributed by atoms with van der Waals surface area (Å²) in [6.07, 6.45) is 7.07. The molecule has 0 aromatic heterocycles. The van der Waals surface area contributed by atoms with E-state index in [2.05, 4.69) is 31.0 Å². The molecule has 1 N–H and O–H groups in total. The lowest BCUT2D eigenvalue weighted by Gasteiger charge is -2.29. The summed E-state index contributed by atoms with van der Waals surface area (Å²) in [5.74, 6) is 1.79. The van der Waals surface area contributed by atoms with Crippen molar-refractivity contribution in [2.45, 2.75) is 65.0 Å². The second-order valence-corrected chi connectivity index (χ2v) is 6.48. The quantitative estimate of drug-likeness (QED) is 0.664. The third-order valence-corrected chi connectivity index (χ3v) is 3.94. The molecule has 2 saturated carbocycles. The summed E-state index contributed by atoms with van der Waals surface area (Å²) < 4.78 is 0. The van der Waals surface area contributed by atoms with Crippen LogP contribution in [0.15, 0.2) is 0 Å². The van der Waals surface area contributed by atoms with E-state index in [1.54, 1.807) is 0 Å². The van der Waals surface area contributed by atoms with Gasteiger partial charge in [-0.15, -0.1) is 0 Å². The van der Waals surface area contributed by atoms with Crippen molar-refractivity contribution in [2.75, 3.05) is 19.6 Å². The summed E-state index contributed by atoms with van der Waals surface area (Å²) in [4.78, 5) is 2.76. The van der Waals surface area contributed by atoms with Crippen molar-refractivity contribution < 1.29 is 0 Å². The van der Waals surface area contributed by atoms with E-state index in [4.69, 9.17) is 0 Å². The Morgan fingerprint density at radius 1 is 1.12 bits per heavy atom.